The lowest BCUT2D eigenvalue weighted by Crippen LogP contribution is -2.60. The summed E-state index contributed by atoms with van der Waals surface area (Å²) in [5.74, 6) is -0.670. The summed E-state index contributed by atoms with van der Waals surface area (Å²) >= 11 is 0. The van der Waals surface area contributed by atoms with E-state index in [1.807, 2.05) is 4.90 Å². The minimum absolute atomic E-state index is 0.146. The zero-order valence-corrected chi connectivity index (χ0v) is 15.1. The van der Waals surface area contributed by atoms with Crippen molar-refractivity contribution in [3.05, 3.63) is 48.0 Å². The van der Waals surface area contributed by atoms with Gasteiger partial charge in [-0.1, -0.05) is 0 Å². The van der Waals surface area contributed by atoms with Gasteiger partial charge < -0.3 is 14.7 Å². The van der Waals surface area contributed by atoms with Crippen LogP contribution in [0, 0.1) is 5.82 Å². The summed E-state index contributed by atoms with van der Waals surface area (Å²) < 4.78 is 14.7. The van der Waals surface area contributed by atoms with Crippen molar-refractivity contribution in [1.82, 2.24) is 19.6 Å². The number of anilines is 1. The molecule has 2 heterocycles. The molecule has 1 unspecified atom stereocenters. The van der Waals surface area contributed by atoms with E-state index >= 15 is 0 Å². The lowest BCUT2D eigenvalue weighted by molar-refractivity contribution is -0.133. The minimum atomic E-state index is -0.619. The van der Waals surface area contributed by atoms with Gasteiger partial charge in [-0.2, -0.15) is 5.10 Å². The van der Waals surface area contributed by atoms with Crippen LogP contribution in [0.1, 0.15) is 10.5 Å². The van der Waals surface area contributed by atoms with Gasteiger partial charge in [-0.05, 0) is 30.3 Å². The third-order valence-electron chi connectivity index (χ3n) is 4.60. The molecule has 1 aliphatic rings. The lowest BCUT2D eigenvalue weighted by atomic mass is 10.1. The molecule has 2 aromatic rings. The van der Waals surface area contributed by atoms with Crippen LogP contribution >= 0.6 is 0 Å². The largest absolute Gasteiger partial charge is 0.367 e. The first-order valence-corrected chi connectivity index (χ1v) is 8.39. The number of benzene rings is 1. The number of hydrogen-bond acceptors (Lipinski definition) is 4. The highest BCUT2D eigenvalue weighted by atomic mass is 19.1. The van der Waals surface area contributed by atoms with Crippen molar-refractivity contribution < 1.29 is 14.0 Å². The number of rotatable bonds is 3. The fourth-order valence-electron chi connectivity index (χ4n) is 3.15. The van der Waals surface area contributed by atoms with E-state index in [4.69, 9.17) is 0 Å². The highest BCUT2D eigenvalue weighted by molar-refractivity contribution is 5.96. The van der Waals surface area contributed by atoms with E-state index in [1.54, 1.807) is 50.4 Å². The smallest absolute Gasteiger partial charge is 0.272 e. The van der Waals surface area contributed by atoms with E-state index in [-0.39, 0.29) is 17.6 Å². The quantitative estimate of drug-likeness (QED) is 0.820. The highest BCUT2D eigenvalue weighted by Crippen LogP contribution is 2.22. The molecule has 1 aliphatic heterocycles. The van der Waals surface area contributed by atoms with Gasteiger partial charge >= 0.3 is 0 Å². The molecule has 0 bridgehead atoms. The second kappa shape index (κ2) is 7.15. The van der Waals surface area contributed by atoms with Gasteiger partial charge in [-0.25, -0.2) is 4.39 Å². The summed E-state index contributed by atoms with van der Waals surface area (Å²) in [7, 11) is 5.04. The molecule has 1 saturated heterocycles. The summed E-state index contributed by atoms with van der Waals surface area (Å²) in [5, 5.41) is 4.04. The zero-order valence-electron chi connectivity index (χ0n) is 15.1. The van der Waals surface area contributed by atoms with Gasteiger partial charge in [0.25, 0.3) is 5.91 Å². The summed E-state index contributed by atoms with van der Waals surface area (Å²) in [6.07, 6.45) is 1.56. The lowest BCUT2D eigenvalue weighted by Gasteiger charge is -2.42. The van der Waals surface area contributed by atoms with Crippen molar-refractivity contribution in [2.24, 2.45) is 7.05 Å². The molecular weight excluding hydrogens is 337 g/mol. The van der Waals surface area contributed by atoms with Gasteiger partial charge in [-0.15, -0.1) is 0 Å². The van der Waals surface area contributed by atoms with Gasteiger partial charge in [0.15, 0.2) is 0 Å². The molecule has 7 nitrogen and oxygen atoms in total. The molecule has 1 aromatic carbocycles. The second-order valence-electron chi connectivity index (χ2n) is 6.51. The monoisotopic (exact) mass is 359 g/mol. The number of likely N-dealkylation sites (N-methyl/N-ethyl adjacent to an activating group) is 1. The molecule has 3 rings (SSSR count). The third-order valence-corrected chi connectivity index (χ3v) is 4.60. The molecule has 1 aromatic heterocycles. The molecule has 0 N–H and O–H groups in total. The van der Waals surface area contributed by atoms with Crippen LogP contribution in [0.3, 0.4) is 0 Å². The highest BCUT2D eigenvalue weighted by Gasteiger charge is 2.37. The molecule has 8 heteroatoms. The molecule has 1 atom stereocenters. The van der Waals surface area contributed by atoms with E-state index in [0.717, 1.165) is 5.69 Å². The summed E-state index contributed by atoms with van der Waals surface area (Å²) in [5.41, 5.74) is 1.27. The number of amides is 2. The number of nitrogens with zero attached hydrogens (tertiary/aromatic N) is 5. The normalized spacial score (nSPS) is 17.3. The Hall–Kier alpha value is -2.90. The van der Waals surface area contributed by atoms with Crippen LogP contribution in [0.15, 0.2) is 36.5 Å². The van der Waals surface area contributed by atoms with E-state index in [0.29, 0.717) is 25.3 Å². The first kappa shape index (κ1) is 17.9. The Morgan fingerprint density at radius 2 is 1.85 bits per heavy atom. The number of piperazine rings is 1. The molecule has 0 aliphatic carbocycles. The molecule has 2 amide bonds. The van der Waals surface area contributed by atoms with Crippen molar-refractivity contribution in [1.29, 1.82) is 0 Å². The third kappa shape index (κ3) is 3.40. The second-order valence-corrected chi connectivity index (χ2v) is 6.51. The molecule has 0 spiro atoms. The van der Waals surface area contributed by atoms with Gasteiger partial charge in [0.05, 0.1) is 0 Å². The van der Waals surface area contributed by atoms with Crippen LogP contribution in [0.5, 0.6) is 0 Å². The van der Waals surface area contributed by atoms with Crippen molar-refractivity contribution >= 4 is 17.5 Å². The Kier molecular flexibility index (Phi) is 4.92. The number of aromatic nitrogens is 2. The molecule has 138 valence electrons. The predicted octanol–water partition coefficient (Wildman–Crippen LogP) is 0.978. The maximum atomic E-state index is 13.2. The predicted molar refractivity (Wildman–Crippen MR) is 95.3 cm³/mol. The number of hydrogen-bond donors (Lipinski definition) is 0. The van der Waals surface area contributed by atoms with Gasteiger partial charge in [0, 0.05) is 52.7 Å². The first-order valence-electron chi connectivity index (χ1n) is 8.39. The Morgan fingerprint density at radius 1 is 1.15 bits per heavy atom. The van der Waals surface area contributed by atoms with Crippen LogP contribution < -0.4 is 4.90 Å². The maximum Gasteiger partial charge on any atom is 0.272 e. The van der Waals surface area contributed by atoms with E-state index < -0.39 is 6.04 Å². The molecule has 0 radical (unpaired) electrons. The van der Waals surface area contributed by atoms with Gasteiger partial charge in [-0.3, -0.25) is 14.3 Å². The average Bonchev–Trinajstić information content (AvgIpc) is 3.06. The van der Waals surface area contributed by atoms with Crippen molar-refractivity contribution in [2.75, 3.05) is 38.6 Å². The number of carbonyl (C=O) groups excluding carboxylic acids is 2. The van der Waals surface area contributed by atoms with Crippen LogP contribution in [-0.2, 0) is 11.8 Å². The van der Waals surface area contributed by atoms with E-state index in [1.165, 1.54) is 21.7 Å². The van der Waals surface area contributed by atoms with Crippen LogP contribution in [-0.4, -0.2) is 71.2 Å². The van der Waals surface area contributed by atoms with E-state index in [9.17, 15) is 14.0 Å². The molecule has 0 saturated carbocycles. The number of halogens is 1. The topological polar surface area (TPSA) is 61.7 Å². The van der Waals surface area contributed by atoms with E-state index in [2.05, 4.69) is 5.10 Å². The summed E-state index contributed by atoms with van der Waals surface area (Å²) in [6, 6.07) is 7.18. The summed E-state index contributed by atoms with van der Waals surface area (Å²) in [6.45, 7) is 1.31. The van der Waals surface area contributed by atoms with Crippen LogP contribution in [0.25, 0.3) is 0 Å². The fraction of sp³-hybridized carbons (Fsp3) is 0.389. The molecule has 1 fully saturated rings. The Morgan fingerprint density at radius 3 is 2.42 bits per heavy atom. The molecular formula is C18H22FN5O2. The number of carbonyl (C=O) groups is 2. The Labute approximate surface area is 151 Å². The van der Waals surface area contributed by atoms with Gasteiger partial charge in [0.2, 0.25) is 5.91 Å². The SMILES string of the molecule is CN(C)C(=O)C1CN(c2ccc(F)cc2)CCN1C(=O)c1ccnn1C. The Bertz CT molecular complexity index is 802. The van der Waals surface area contributed by atoms with Crippen molar-refractivity contribution in [3.8, 4) is 0 Å². The zero-order chi connectivity index (χ0) is 18.8. The van der Waals surface area contributed by atoms with Crippen LogP contribution in [0.2, 0.25) is 0 Å². The minimum Gasteiger partial charge on any atom is -0.367 e. The standard InChI is InChI=1S/C18H22FN5O2/c1-21(2)17(25)16-12-23(14-6-4-13(19)5-7-14)10-11-24(16)18(26)15-8-9-20-22(15)3/h4-9,16H,10-12H2,1-3H3. The Balaban J connectivity index is 1.86. The van der Waals surface area contributed by atoms with Crippen molar-refractivity contribution in [2.45, 2.75) is 6.04 Å². The average molecular weight is 359 g/mol. The van der Waals surface area contributed by atoms with Crippen LogP contribution in [0.4, 0.5) is 10.1 Å². The molecule has 26 heavy (non-hydrogen) atoms. The first-order chi connectivity index (χ1) is 12.4. The maximum absolute atomic E-state index is 13.2. The number of aryl methyl sites for hydroxylation is 1. The van der Waals surface area contributed by atoms with Crippen molar-refractivity contribution in [3.63, 3.8) is 0 Å². The fourth-order valence-corrected chi connectivity index (χ4v) is 3.15. The van der Waals surface area contributed by atoms with Gasteiger partial charge in [0.1, 0.15) is 17.6 Å². The summed E-state index contributed by atoms with van der Waals surface area (Å²) in [4.78, 5) is 30.7.